The number of nitrogens with zero attached hydrogens (tertiary/aromatic N) is 6. The van der Waals surface area contributed by atoms with Gasteiger partial charge >= 0.3 is 12.1 Å². The van der Waals surface area contributed by atoms with Gasteiger partial charge in [0.25, 0.3) is 0 Å². The molecule has 0 spiro atoms. The van der Waals surface area contributed by atoms with E-state index in [4.69, 9.17) is 21.1 Å². The average molecular weight is 553 g/mol. The molecule has 0 radical (unpaired) electrons. The number of amides is 1. The number of halogens is 3. The van der Waals surface area contributed by atoms with Crippen LogP contribution in [0.2, 0.25) is 5.15 Å². The largest absolute Gasteiger partial charge is 0.461 e. The van der Waals surface area contributed by atoms with Gasteiger partial charge in [-0.15, -0.1) is 0 Å². The number of alkyl halides is 1. The van der Waals surface area contributed by atoms with Crippen molar-refractivity contribution in [1.82, 2.24) is 24.8 Å². The SMILES string of the molecule is C[C@@H]1C[C@@H](N(C)c2nc(OC[C@@]34CCCN3C[C@H](F)C4)nc3c(F)c(Cl)ncc23)CN1C(=O)OC(C)(C)C. The van der Waals surface area contributed by atoms with Crippen LogP contribution in [0.3, 0.4) is 0 Å². The maximum absolute atomic E-state index is 15.1. The van der Waals surface area contributed by atoms with E-state index in [1.807, 2.05) is 39.6 Å². The van der Waals surface area contributed by atoms with E-state index in [9.17, 15) is 9.18 Å². The molecule has 1 amide bonds. The van der Waals surface area contributed by atoms with Crippen LogP contribution < -0.4 is 9.64 Å². The lowest BCUT2D eigenvalue weighted by Gasteiger charge is -2.31. The van der Waals surface area contributed by atoms with Crippen LogP contribution in [0, 0.1) is 5.82 Å². The molecule has 9 nitrogen and oxygen atoms in total. The quantitative estimate of drug-likeness (QED) is 0.497. The van der Waals surface area contributed by atoms with Crippen LogP contribution in [0.4, 0.5) is 19.4 Å². The number of hydrogen-bond acceptors (Lipinski definition) is 8. The Morgan fingerprint density at radius 1 is 1.32 bits per heavy atom. The molecule has 0 bridgehead atoms. The van der Waals surface area contributed by atoms with E-state index in [0.29, 0.717) is 37.1 Å². The van der Waals surface area contributed by atoms with Gasteiger partial charge in [0, 0.05) is 44.8 Å². The molecule has 0 aliphatic carbocycles. The zero-order valence-corrected chi connectivity index (χ0v) is 23.3. The number of anilines is 1. The van der Waals surface area contributed by atoms with Crippen molar-refractivity contribution in [3.63, 3.8) is 0 Å². The van der Waals surface area contributed by atoms with Crippen LogP contribution in [0.5, 0.6) is 6.01 Å². The Morgan fingerprint density at radius 2 is 2.08 bits per heavy atom. The molecule has 3 saturated heterocycles. The number of carbonyl (C=O) groups excluding carboxylic acids is 1. The monoisotopic (exact) mass is 552 g/mol. The molecule has 0 saturated carbocycles. The van der Waals surface area contributed by atoms with Gasteiger partial charge in [0.05, 0.1) is 10.9 Å². The molecule has 3 fully saturated rings. The first kappa shape index (κ1) is 27.1. The first-order valence-corrected chi connectivity index (χ1v) is 13.5. The summed E-state index contributed by atoms with van der Waals surface area (Å²) in [5.41, 5.74) is -0.996. The average Bonchev–Trinajstić information content (AvgIpc) is 3.50. The maximum Gasteiger partial charge on any atom is 0.410 e. The Bertz CT molecular complexity index is 1230. The first-order valence-electron chi connectivity index (χ1n) is 13.1. The number of carbonyl (C=O) groups is 1. The number of aromatic nitrogens is 3. The molecule has 5 rings (SSSR count). The van der Waals surface area contributed by atoms with E-state index in [2.05, 4.69) is 19.9 Å². The number of likely N-dealkylation sites (tertiary alicyclic amines) is 1. The summed E-state index contributed by atoms with van der Waals surface area (Å²) >= 11 is 5.99. The summed E-state index contributed by atoms with van der Waals surface area (Å²) in [5.74, 6) is -0.335. The highest BCUT2D eigenvalue weighted by atomic mass is 35.5. The number of rotatable bonds is 5. The number of ether oxygens (including phenoxy) is 2. The van der Waals surface area contributed by atoms with E-state index >= 15 is 4.39 Å². The Morgan fingerprint density at radius 3 is 2.82 bits per heavy atom. The van der Waals surface area contributed by atoms with Gasteiger partial charge in [0.2, 0.25) is 0 Å². The highest BCUT2D eigenvalue weighted by Gasteiger charge is 2.49. The summed E-state index contributed by atoms with van der Waals surface area (Å²) in [5, 5.41) is 0.0911. The molecule has 4 atom stereocenters. The fourth-order valence-electron chi connectivity index (χ4n) is 6.01. The molecule has 3 aliphatic rings. The molecular weight excluding hydrogens is 518 g/mol. The molecule has 38 heavy (non-hydrogen) atoms. The van der Waals surface area contributed by atoms with E-state index < -0.39 is 23.1 Å². The molecule has 0 N–H and O–H groups in total. The summed E-state index contributed by atoms with van der Waals surface area (Å²) in [6.45, 7) is 9.33. The van der Waals surface area contributed by atoms with Crippen molar-refractivity contribution < 1.29 is 23.0 Å². The van der Waals surface area contributed by atoms with E-state index in [0.717, 1.165) is 19.4 Å². The third-order valence-electron chi connectivity index (χ3n) is 7.89. The van der Waals surface area contributed by atoms with Crippen LogP contribution >= 0.6 is 11.6 Å². The minimum atomic E-state index is -0.891. The Labute approximate surface area is 226 Å². The second-order valence-electron chi connectivity index (χ2n) is 11.8. The van der Waals surface area contributed by atoms with Crippen LogP contribution in [-0.4, -0.2) is 93.5 Å². The molecular formula is C26H35ClF2N6O3. The molecule has 2 aromatic rings. The normalized spacial score (nSPS) is 27.7. The van der Waals surface area contributed by atoms with Crippen LogP contribution in [0.25, 0.3) is 10.9 Å². The predicted octanol–water partition coefficient (Wildman–Crippen LogP) is 4.61. The van der Waals surface area contributed by atoms with Crippen molar-refractivity contribution in [3.05, 3.63) is 17.2 Å². The fourth-order valence-corrected chi connectivity index (χ4v) is 6.15. The molecule has 3 aliphatic heterocycles. The molecule has 5 heterocycles. The summed E-state index contributed by atoms with van der Waals surface area (Å²) in [6.07, 6.45) is 3.06. The lowest BCUT2D eigenvalue weighted by atomic mass is 9.95. The van der Waals surface area contributed by atoms with Gasteiger partial charge < -0.3 is 19.3 Å². The zero-order chi connectivity index (χ0) is 27.4. The second-order valence-corrected chi connectivity index (χ2v) is 12.2. The summed E-state index contributed by atoms with van der Waals surface area (Å²) in [7, 11) is 1.84. The van der Waals surface area contributed by atoms with Crippen LogP contribution in [-0.2, 0) is 4.74 Å². The lowest BCUT2D eigenvalue weighted by molar-refractivity contribution is 0.0237. The van der Waals surface area contributed by atoms with Crippen molar-refractivity contribution in [2.24, 2.45) is 0 Å². The summed E-state index contributed by atoms with van der Waals surface area (Å²) < 4.78 is 41.0. The van der Waals surface area contributed by atoms with Gasteiger partial charge in [-0.05, 0) is 53.5 Å². The third kappa shape index (κ3) is 5.06. The standard InChI is InChI=1S/C26H35ClF2N6O3/c1-15-9-17(13-35(15)24(36)38-25(2,3)4)33(5)22-18-11-30-21(27)19(29)20(18)31-23(32-22)37-14-26-7-6-8-34(26)12-16(28)10-26/h11,15-17H,6-10,12-14H2,1-5H3/t15-,16-,17-,26+/m1/s1. The number of hydrogen-bond donors (Lipinski definition) is 0. The van der Waals surface area contributed by atoms with Crippen LogP contribution in [0.15, 0.2) is 6.20 Å². The van der Waals surface area contributed by atoms with Gasteiger partial charge in [-0.1, -0.05) is 11.6 Å². The molecule has 12 heteroatoms. The lowest BCUT2D eigenvalue weighted by Crippen LogP contribution is -2.43. The van der Waals surface area contributed by atoms with Gasteiger partial charge in [-0.3, -0.25) is 4.90 Å². The van der Waals surface area contributed by atoms with Crippen molar-refractivity contribution in [2.75, 3.05) is 38.2 Å². The Hall–Kier alpha value is -2.53. The van der Waals surface area contributed by atoms with Crippen molar-refractivity contribution >= 4 is 34.4 Å². The van der Waals surface area contributed by atoms with Gasteiger partial charge in [0.15, 0.2) is 11.0 Å². The predicted molar refractivity (Wildman–Crippen MR) is 140 cm³/mol. The highest BCUT2D eigenvalue weighted by Crippen LogP contribution is 2.41. The molecule has 208 valence electrons. The van der Waals surface area contributed by atoms with E-state index in [1.54, 1.807) is 4.90 Å². The Kier molecular flexibility index (Phi) is 7.04. The summed E-state index contributed by atoms with van der Waals surface area (Å²) in [6, 6.07) is -0.179. The fraction of sp³-hybridized carbons (Fsp3) is 0.692. The van der Waals surface area contributed by atoms with Crippen molar-refractivity contribution in [1.29, 1.82) is 0 Å². The van der Waals surface area contributed by atoms with Crippen LogP contribution in [0.1, 0.15) is 53.4 Å². The third-order valence-corrected chi connectivity index (χ3v) is 8.16. The number of pyridine rings is 1. The smallest absolute Gasteiger partial charge is 0.410 e. The summed E-state index contributed by atoms with van der Waals surface area (Å²) in [4.78, 5) is 31.5. The first-order chi connectivity index (χ1) is 17.9. The maximum atomic E-state index is 15.1. The minimum Gasteiger partial charge on any atom is -0.461 e. The molecule has 2 aromatic heterocycles. The topological polar surface area (TPSA) is 83.9 Å². The number of fused-ring (bicyclic) bond motifs is 2. The zero-order valence-electron chi connectivity index (χ0n) is 22.5. The van der Waals surface area contributed by atoms with Crippen molar-refractivity contribution in [3.8, 4) is 6.01 Å². The van der Waals surface area contributed by atoms with Crippen molar-refractivity contribution in [2.45, 2.75) is 82.8 Å². The van der Waals surface area contributed by atoms with E-state index in [1.165, 1.54) is 6.20 Å². The Balaban J connectivity index is 1.43. The minimum absolute atomic E-state index is 0.000839. The number of likely N-dealkylation sites (N-methyl/N-ethyl adjacent to an activating group) is 1. The van der Waals surface area contributed by atoms with E-state index in [-0.39, 0.29) is 41.5 Å². The highest BCUT2D eigenvalue weighted by molar-refractivity contribution is 6.30. The molecule has 0 unspecified atom stereocenters. The second kappa shape index (κ2) is 9.89. The van der Waals surface area contributed by atoms with Gasteiger partial charge in [-0.25, -0.2) is 18.6 Å². The molecule has 0 aromatic carbocycles. The van der Waals surface area contributed by atoms with Gasteiger partial charge in [0.1, 0.15) is 29.7 Å². The van der Waals surface area contributed by atoms with Gasteiger partial charge in [-0.2, -0.15) is 9.97 Å².